The number of nitrogens with zero attached hydrogens (tertiary/aromatic N) is 3. The van der Waals surface area contributed by atoms with Gasteiger partial charge >= 0.3 is 0 Å². The summed E-state index contributed by atoms with van der Waals surface area (Å²) in [6.45, 7) is 8.15. The van der Waals surface area contributed by atoms with E-state index in [4.69, 9.17) is 0 Å². The lowest BCUT2D eigenvalue weighted by atomic mass is 9.96. The maximum atomic E-state index is 12.3. The minimum Gasteiger partial charge on any atom is -0.336 e. The number of aromatic amines is 1. The van der Waals surface area contributed by atoms with Crippen LogP contribution in [0.1, 0.15) is 50.6 Å². The van der Waals surface area contributed by atoms with Crippen LogP contribution >= 0.6 is 11.8 Å². The van der Waals surface area contributed by atoms with Gasteiger partial charge in [-0.3, -0.25) is 9.89 Å². The number of nitrogens with one attached hydrogen (secondary N) is 1. The highest BCUT2D eigenvalue weighted by atomic mass is 32.2. The van der Waals surface area contributed by atoms with Gasteiger partial charge in [0.1, 0.15) is 5.82 Å². The van der Waals surface area contributed by atoms with Gasteiger partial charge in [0.2, 0.25) is 5.82 Å². The van der Waals surface area contributed by atoms with E-state index in [9.17, 15) is 4.79 Å². The molecular weight excluding hydrogens is 260 g/mol. The number of rotatable bonds is 5. The first kappa shape index (κ1) is 16.0. The lowest BCUT2D eigenvalue weighted by Crippen LogP contribution is -2.36. The molecule has 6 heteroatoms. The van der Waals surface area contributed by atoms with Crippen LogP contribution in [0.4, 0.5) is 0 Å². The first-order valence-electron chi connectivity index (χ1n) is 6.46. The third-order valence-electron chi connectivity index (χ3n) is 3.11. The Balaban J connectivity index is 2.74. The second-order valence-corrected chi connectivity index (χ2v) is 6.79. The molecule has 1 heterocycles. The van der Waals surface area contributed by atoms with E-state index < -0.39 is 0 Å². The van der Waals surface area contributed by atoms with Crippen LogP contribution in [0.3, 0.4) is 0 Å². The Labute approximate surface area is 119 Å². The lowest BCUT2D eigenvalue weighted by molar-refractivity contribution is 0.0729. The smallest absolute Gasteiger partial charge is 0.293 e. The lowest BCUT2D eigenvalue weighted by Gasteiger charge is -2.23. The quantitative estimate of drug-likeness (QED) is 0.901. The monoisotopic (exact) mass is 284 g/mol. The SMILES string of the molecule is CSCCC(C)N(C)C(=O)c1n[nH]c(C(C)(C)C)n1. The van der Waals surface area contributed by atoms with Gasteiger partial charge in [-0.05, 0) is 25.4 Å². The number of carbonyl (C=O) groups excluding carboxylic acids is 1. The van der Waals surface area contributed by atoms with E-state index in [0.29, 0.717) is 0 Å². The highest BCUT2D eigenvalue weighted by Gasteiger charge is 2.24. The van der Waals surface area contributed by atoms with Crippen molar-refractivity contribution < 1.29 is 4.79 Å². The molecular formula is C13H24N4OS. The molecule has 0 saturated heterocycles. The predicted octanol–water partition coefficient (Wildman–Crippen LogP) is 2.32. The average molecular weight is 284 g/mol. The topological polar surface area (TPSA) is 61.9 Å². The molecule has 1 aromatic rings. The van der Waals surface area contributed by atoms with Crippen LogP contribution in [0.15, 0.2) is 0 Å². The van der Waals surface area contributed by atoms with Gasteiger partial charge < -0.3 is 4.90 Å². The van der Waals surface area contributed by atoms with Crippen LogP contribution in [-0.2, 0) is 5.41 Å². The third kappa shape index (κ3) is 4.23. The van der Waals surface area contributed by atoms with E-state index >= 15 is 0 Å². The summed E-state index contributed by atoms with van der Waals surface area (Å²) < 4.78 is 0. The second kappa shape index (κ2) is 6.41. The van der Waals surface area contributed by atoms with Gasteiger partial charge in [-0.1, -0.05) is 20.8 Å². The van der Waals surface area contributed by atoms with Crippen molar-refractivity contribution in [3.63, 3.8) is 0 Å². The Bertz CT molecular complexity index is 425. The Kier molecular flexibility index (Phi) is 5.40. The molecule has 19 heavy (non-hydrogen) atoms. The Morgan fingerprint density at radius 3 is 2.58 bits per heavy atom. The van der Waals surface area contributed by atoms with Gasteiger partial charge in [-0.25, -0.2) is 4.98 Å². The first-order valence-corrected chi connectivity index (χ1v) is 7.85. The fourth-order valence-corrected chi connectivity index (χ4v) is 2.11. The Morgan fingerprint density at radius 1 is 1.47 bits per heavy atom. The molecule has 1 N–H and O–H groups in total. The van der Waals surface area contributed by atoms with Gasteiger partial charge in [0.25, 0.3) is 5.91 Å². The van der Waals surface area contributed by atoms with Crippen molar-refractivity contribution in [2.75, 3.05) is 19.1 Å². The van der Waals surface area contributed by atoms with Crippen LogP contribution in [0.2, 0.25) is 0 Å². The number of hydrogen-bond acceptors (Lipinski definition) is 4. The predicted molar refractivity (Wildman–Crippen MR) is 79.6 cm³/mol. The van der Waals surface area contributed by atoms with E-state index in [1.807, 2.05) is 27.7 Å². The number of aromatic nitrogens is 3. The fourth-order valence-electron chi connectivity index (χ4n) is 1.53. The molecule has 0 saturated carbocycles. The average Bonchev–Trinajstić information content (AvgIpc) is 2.83. The minimum atomic E-state index is -0.130. The van der Waals surface area contributed by atoms with Gasteiger partial charge in [0.15, 0.2) is 0 Å². The molecule has 108 valence electrons. The molecule has 0 aliphatic heterocycles. The van der Waals surface area contributed by atoms with Crippen molar-refractivity contribution in [1.29, 1.82) is 0 Å². The Morgan fingerprint density at radius 2 is 2.11 bits per heavy atom. The van der Waals surface area contributed by atoms with Crippen LogP contribution in [0.5, 0.6) is 0 Å². The van der Waals surface area contributed by atoms with Gasteiger partial charge in [-0.2, -0.15) is 11.8 Å². The van der Waals surface area contributed by atoms with E-state index in [1.165, 1.54) is 0 Å². The van der Waals surface area contributed by atoms with E-state index in [1.54, 1.807) is 23.7 Å². The Hall–Kier alpha value is -1.04. The number of hydrogen-bond donors (Lipinski definition) is 1. The normalized spacial score (nSPS) is 13.4. The van der Waals surface area contributed by atoms with Crippen molar-refractivity contribution in [3.8, 4) is 0 Å². The summed E-state index contributed by atoms with van der Waals surface area (Å²) in [4.78, 5) is 18.3. The van der Waals surface area contributed by atoms with Crippen LogP contribution in [0, 0.1) is 0 Å². The van der Waals surface area contributed by atoms with Crippen molar-refractivity contribution in [1.82, 2.24) is 20.1 Å². The van der Waals surface area contributed by atoms with Crippen molar-refractivity contribution in [3.05, 3.63) is 11.6 Å². The number of thioether (sulfide) groups is 1. The zero-order chi connectivity index (χ0) is 14.6. The third-order valence-corrected chi connectivity index (χ3v) is 3.75. The molecule has 1 atom stereocenters. The summed E-state index contributed by atoms with van der Waals surface area (Å²) >= 11 is 1.79. The molecule has 1 rings (SSSR count). The molecule has 1 aromatic heterocycles. The van der Waals surface area contributed by atoms with E-state index in [0.717, 1.165) is 18.0 Å². The van der Waals surface area contributed by atoms with Crippen molar-refractivity contribution in [2.24, 2.45) is 0 Å². The van der Waals surface area contributed by atoms with Crippen LogP contribution < -0.4 is 0 Å². The molecule has 0 aliphatic rings. The first-order chi connectivity index (χ1) is 8.77. The maximum absolute atomic E-state index is 12.3. The molecule has 1 amide bonds. The summed E-state index contributed by atoms with van der Waals surface area (Å²) in [5, 5.41) is 6.88. The van der Waals surface area contributed by atoms with Crippen molar-refractivity contribution >= 4 is 17.7 Å². The minimum absolute atomic E-state index is 0.125. The van der Waals surface area contributed by atoms with Gasteiger partial charge in [0, 0.05) is 18.5 Å². The highest BCUT2D eigenvalue weighted by molar-refractivity contribution is 7.98. The molecule has 0 bridgehead atoms. The molecule has 5 nitrogen and oxygen atoms in total. The van der Waals surface area contributed by atoms with E-state index in [2.05, 4.69) is 21.4 Å². The zero-order valence-electron chi connectivity index (χ0n) is 12.6. The summed E-state index contributed by atoms with van der Waals surface area (Å²) in [5.74, 6) is 1.91. The highest BCUT2D eigenvalue weighted by Crippen LogP contribution is 2.18. The molecule has 0 aliphatic carbocycles. The summed E-state index contributed by atoms with van der Waals surface area (Å²) in [5.41, 5.74) is -0.130. The van der Waals surface area contributed by atoms with Gasteiger partial charge in [0.05, 0.1) is 0 Å². The molecule has 1 unspecified atom stereocenters. The van der Waals surface area contributed by atoms with E-state index in [-0.39, 0.29) is 23.2 Å². The second-order valence-electron chi connectivity index (χ2n) is 5.80. The van der Waals surface area contributed by atoms with Gasteiger partial charge in [-0.15, -0.1) is 5.10 Å². The number of amides is 1. The van der Waals surface area contributed by atoms with Crippen molar-refractivity contribution in [2.45, 2.75) is 45.6 Å². The fraction of sp³-hybridized carbons (Fsp3) is 0.769. The standard InChI is InChI=1S/C13H24N4OS/c1-9(7-8-19-6)17(5)11(18)10-14-12(16-15-10)13(2,3)4/h9H,7-8H2,1-6H3,(H,14,15,16). The summed E-state index contributed by atoms with van der Waals surface area (Å²) in [7, 11) is 1.81. The number of carbonyl (C=O) groups is 1. The summed E-state index contributed by atoms with van der Waals surface area (Å²) in [6, 6.07) is 0.191. The molecule has 0 aromatic carbocycles. The van der Waals surface area contributed by atoms with Crippen LogP contribution in [-0.4, -0.2) is 51.1 Å². The maximum Gasteiger partial charge on any atom is 0.293 e. The zero-order valence-corrected chi connectivity index (χ0v) is 13.5. The molecule has 0 radical (unpaired) electrons. The van der Waals surface area contributed by atoms with Crippen LogP contribution in [0.25, 0.3) is 0 Å². The largest absolute Gasteiger partial charge is 0.336 e. The molecule has 0 fully saturated rings. The summed E-state index contributed by atoms with van der Waals surface area (Å²) in [6.07, 6.45) is 3.04. The number of H-pyrrole nitrogens is 1. The molecule has 0 spiro atoms.